The average molecular weight is 296 g/mol. The van der Waals surface area contributed by atoms with E-state index >= 15 is 0 Å². The molecule has 2 N–H and O–H groups in total. The largest absolute Gasteiger partial charge is 0.494 e. The predicted octanol–water partition coefficient (Wildman–Crippen LogP) is 3.36. The number of aromatic nitrogens is 2. The van der Waals surface area contributed by atoms with Gasteiger partial charge in [-0.05, 0) is 18.2 Å². The number of hydrogen-bond donors (Lipinski definition) is 2. The van der Waals surface area contributed by atoms with Crippen molar-refractivity contribution in [2.24, 2.45) is 0 Å². The predicted molar refractivity (Wildman–Crippen MR) is 86.4 cm³/mol. The number of para-hydroxylation sites is 1. The van der Waals surface area contributed by atoms with Crippen LogP contribution >= 0.6 is 0 Å². The molecule has 0 unspecified atom stereocenters. The molecule has 0 radical (unpaired) electrons. The molecule has 6 heteroatoms. The zero-order valence-corrected chi connectivity index (χ0v) is 12.3. The number of fused-ring (bicyclic) bond motifs is 1. The number of nitrogens with one attached hydrogen (secondary N) is 2. The Bertz CT molecular complexity index is 778. The van der Waals surface area contributed by atoms with Gasteiger partial charge in [0.15, 0.2) is 0 Å². The lowest BCUT2D eigenvalue weighted by atomic mass is 10.2. The fourth-order valence-electron chi connectivity index (χ4n) is 2.20. The van der Waals surface area contributed by atoms with E-state index < -0.39 is 0 Å². The van der Waals surface area contributed by atoms with E-state index in [1.54, 1.807) is 14.2 Å². The van der Waals surface area contributed by atoms with E-state index in [4.69, 9.17) is 9.57 Å². The molecule has 0 saturated carbocycles. The molecular formula is C16H16N4O2. The van der Waals surface area contributed by atoms with Crippen LogP contribution in [0.5, 0.6) is 5.75 Å². The van der Waals surface area contributed by atoms with Gasteiger partial charge in [-0.25, -0.2) is 9.97 Å². The minimum absolute atomic E-state index is 0.652. The second-order valence-corrected chi connectivity index (χ2v) is 4.59. The molecule has 22 heavy (non-hydrogen) atoms. The maximum Gasteiger partial charge on any atom is 0.146 e. The number of ether oxygens (including phenoxy) is 1. The molecule has 6 nitrogen and oxygen atoms in total. The molecule has 0 saturated heterocycles. The molecule has 3 aromatic rings. The van der Waals surface area contributed by atoms with Crippen LogP contribution in [0, 0.1) is 0 Å². The maximum absolute atomic E-state index is 5.34. The number of hydrogen-bond acceptors (Lipinski definition) is 6. The van der Waals surface area contributed by atoms with Crippen molar-refractivity contribution in [3.05, 3.63) is 48.8 Å². The Morgan fingerprint density at radius 3 is 2.55 bits per heavy atom. The monoisotopic (exact) mass is 296 g/mol. The van der Waals surface area contributed by atoms with Crippen molar-refractivity contribution < 1.29 is 9.57 Å². The summed E-state index contributed by atoms with van der Waals surface area (Å²) in [6.07, 6.45) is 1.52. The smallest absolute Gasteiger partial charge is 0.146 e. The van der Waals surface area contributed by atoms with Gasteiger partial charge in [-0.1, -0.05) is 18.2 Å². The Hall–Kier alpha value is -2.86. The minimum Gasteiger partial charge on any atom is -0.494 e. The van der Waals surface area contributed by atoms with Gasteiger partial charge in [0, 0.05) is 17.1 Å². The average Bonchev–Trinajstić information content (AvgIpc) is 2.56. The topological polar surface area (TPSA) is 68.3 Å². The van der Waals surface area contributed by atoms with Gasteiger partial charge in [-0.2, -0.15) is 0 Å². The van der Waals surface area contributed by atoms with Crippen LogP contribution in [0.1, 0.15) is 0 Å². The lowest BCUT2D eigenvalue weighted by Gasteiger charge is -2.13. The summed E-state index contributed by atoms with van der Waals surface area (Å²) < 4.78 is 5.34. The van der Waals surface area contributed by atoms with Gasteiger partial charge < -0.3 is 10.1 Å². The SMILES string of the molecule is CONc1cc2c(Nc3ccccc3)ncnc2cc1OC. The highest BCUT2D eigenvalue weighted by molar-refractivity contribution is 5.94. The van der Waals surface area contributed by atoms with Crippen molar-refractivity contribution in [3.8, 4) is 5.75 Å². The standard InChI is InChI=1S/C16H16N4O2/c1-21-15-9-13-12(8-14(15)20-22-2)16(18-10-17-13)19-11-6-4-3-5-7-11/h3-10,20H,1-2H3,(H,17,18,19). The van der Waals surface area contributed by atoms with E-state index in [9.17, 15) is 0 Å². The first-order valence-electron chi connectivity index (χ1n) is 6.75. The maximum atomic E-state index is 5.34. The zero-order valence-electron chi connectivity index (χ0n) is 12.3. The van der Waals surface area contributed by atoms with Gasteiger partial charge in [0.1, 0.15) is 23.6 Å². The van der Waals surface area contributed by atoms with E-state index in [1.807, 2.05) is 42.5 Å². The number of methoxy groups -OCH3 is 1. The molecule has 0 fully saturated rings. The van der Waals surface area contributed by atoms with E-state index in [1.165, 1.54) is 6.33 Å². The number of benzene rings is 2. The van der Waals surface area contributed by atoms with E-state index in [2.05, 4.69) is 20.8 Å². The lowest BCUT2D eigenvalue weighted by molar-refractivity contribution is 0.268. The third kappa shape index (κ3) is 2.77. The summed E-state index contributed by atoms with van der Waals surface area (Å²) in [4.78, 5) is 13.6. The molecule has 2 aromatic carbocycles. The van der Waals surface area contributed by atoms with Gasteiger partial charge in [0.25, 0.3) is 0 Å². The van der Waals surface area contributed by atoms with Crippen LogP contribution in [0.2, 0.25) is 0 Å². The second-order valence-electron chi connectivity index (χ2n) is 4.59. The van der Waals surface area contributed by atoms with Crippen LogP contribution in [0.15, 0.2) is 48.8 Å². The van der Waals surface area contributed by atoms with Crippen LogP contribution in [-0.2, 0) is 4.84 Å². The number of nitrogens with zero attached hydrogens (tertiary/aromatic N) is 2. The summed E-state index contributed by atoms with van der Waals surface area (Å²) in [7, 11) is 3.15. The van der Waals surface area contributed by atoms with Gasteiger partial charge in [0.2, 0.25) is 0 Å². The molecule has 0 amide bonds. The molecule has 3 rings (SSSR count). The summed E-state index contributed by atoms with van der Waals surface area (Å²) in [5.41, 5.74) is 5.26. The molecule has 0 spiro atoms. The Kier molecular flexibility index (Phi) is 4.02. The Labute approximate surface area is 128 Å². The second kappa shape index (κ2) is 6.28. The molecular weight excluding hydrogens is 280 g/mol. The molecule has 112 valence electrons. The Morgan fingerprint density at radius 1 is 1.00 bits per heavy atom. The van der Waals surface area contributed by atoms with Crippen molar-refractivity contribution in [3.63, 3.8) is 0 Å². The highest BCUT2D eigenvalue weighted by atomic mass is 16.6. The fraction of sp³-hybridized carbons (Fsp3) is 0.125. The van der Waals surface area contributed by atoms with Crippen molar-refractivity contribution in [1.82, 2.24) is 9.97 Å². The third-order valence-corrected chi connectivity index (χ3v) is 3.21. The molecule has 1 heterocycles. The van der Waals surface area contributed by atoms with Crippen LogP contribution < -0.4 is 15.5 Å². The van der Waals surface area contributed by atoms with Gasteiger partial charge >= 0.3 is 0 Å². The third-order valence-electron chi connectivity index (χ3n) is 3.21. The van der Waals surface area contributed by atoms with Gasteiger partial charge in [0.05, 0.1) is 19.7 Å². The zero-order chi connectivity index (χ0) is 15.4. The summed E-state index contributed by atoms with van der Waals surface area (Å²) in [5.74, 6) is 1.37. The quantitative estimate of drug-likeness (QED) is 0.704. The van der Waals surface area contributed by atoms with Crippen LogP contribution in [0.4, 0.5) is 17.2 Å². The first kappa shape index (κ1) is 14.1. The molecule has 0 aliphatic carbocycles. The molecule has 0 atom stereocenters. The van der Waals surface area contributed by atoms with Crippen LogP contribution in [0.25, 0.3) is 10.9 Å². The summed E-state index contributed by atoms with van der Waals surface area (Å²) >= 11 is 0. The van der Waals surface area contributed by atoms with Crippen molar-refractivity contribution >= 4 is 28.1 Å². The van der Waals surface area contributed by atoms with Crippen molar-refractivity contribution in [2.45, 2.75) is 0 Å². The van der Waals surface area contributed by atoms with E-state index in [0.29, 0.717) is 11.4 Å². The molecule has 0 bridgehead atoms. The van der Waals surface area contributed by atoms with Crippen LogP contribution in [0.3, 0.4) is 0 Å². The Morgan fingerprint density at radius 2 is 1.82 bits per heavy atom. The highest BCUT2D eigenvalue weighted by Gasteiger charge is 2.10. The van der Waals surface area contributed by atoms with Crippen molar-refractivity contribution in [2.75, 3.05) is 25.0 Å². The van der Waals surface area contributed by atoms with Crippen LogP contribution in [-0.4, -0.2) is 24.2 Å². The highest BCUT2D eigenvalue weighted by Crippen LogP contribution is 2.32. The first-order valence-corrected chi connectivity index (χ1v) is 6.75. The van der Waals surface area contributed by atoms with Gasteiger partial charge in [-0.3, -0.25) is 10.3 Å². The minimum atomic E-state index is 0.652. The fourth-order valence-corrected chi connectivity index (χ4v) is 2.20. The molecule has 0 aliphatic heterocycles. The van der Waals surface area contributed by atoms with Crippen molar-refractivity contribution in [1.29, 1.82) is 0 Å². The van der Waals surface area contributed by atoms with Gasteiger partial charge in [-0.15, -0.1) is 0 Å². The summed E-state index contributed by atoms with van der Waals surface area (Å²) in [6, 6.07) is 13.6. The summed E-state index contributed by atoms with van der Waals surface area (Å²) in [6.45, 7) is 0. The lowest BCUT2D eigenvalue weighted by Crippen LogP contribution is -2.01. The summed E-state index contributed by atoms with van der Waals surface area (Å²) in [5, 5.41) is 4.16. The first-order chi connectivity index (χ1) is 10.8. The normalized spacial score (nSPS) is 10.5. The number of anilines is 3. The van der Waals surface area contributed by atoms with E-state index in [-0.39, 0.29) is 0 Å². The molecule has 1 aromatic heterocycles. The number of rotatable bonds is 5. The molecule has 0 aliphatic rings. The Balaban J connectivity index is 2.08. The van der Waals surface area contributed by atoms with E-state index in [0.717, 1.165) is 22.4 Å².